The van der Waals surface area contributed by atoms with Crippen molar-refractivity contribution in [3.8, 4) is 0 Å². The van der Waals surface area contributed by atoms with Gasteiger partial charge in [0.1, 0.15) is 5.82 Å². The molecule has 0 aliphatic carbocycles. The highest BCUT2D eigenvalue weighted by Gasteiger charge is 2.33. The molecular weight excluding hydrogens is 330 g/mol. The normalized spacial score (nSPS) is 19.8. The number of amides is 2. The molecule has 1 atom stereocenters. The van der Waals surface area contributed by atoms with Crippen LogP contribution in [0.3, 0.4) is 0 Å². The lowest BCUT2D eigenvalue weighted by Gasteiger charge is -2.37. The Balaban J connectivity index is 1.41. The Morgan fingerprint density at radius 2 is 1.85 bits per heavy atom. The number of aromatic nitrogens is 2. The number of piperazine rings is 1. The molecule has 2 aromatic rings. The molecule has 8 heteroatoms. The number of hydrazone groups is 1. The molecule has 0 radical (unpaired) electrons. The van der Waals surface area contributed by atoms with Gasteiger partial charge in [0.15, 0.2) is 0 Å². The van der Waals surface area contributed by atoms with Gasteiger partial charge in [0.2, 0.25) is 5.95 Å². The van der Waals surface area contributed by atoms with Crippen molar-refractivity contribution >= 4 is 24.0 Å². The largest absolute Gasteiger partial charge is 0.384 e. The summed E-state index contributed by atoms with van der Waals surface area (Å²) in [5.41, 5.74) is 6.83. The first-order chi connectivity index (χ1) is 12.7. The van der Waals surface area contributed by atoms with E-state index < -0.39 is 0 Å². The Morgan fingerprint density at radius 3 is 2.58 bits per heavy atom. The number of carbonyl (C=O) groups is 1. The van der Waals surface area contributed by atoms with E-state index in [-0.39, 0.29) is 12.1 Å². The van der Waals surface area contributed by atoms with Gasteiger partial charge in [0, 0.05) is 45.0 Å². The van der Waals surface area contributed by atoms with Gasteiger partial charge >= 0.3 is 6.03 Å². The first-order valence-electron chi connectivity index (χ1n) is 8.71. The lowest BCUT2D eigenvalue weighted by molar-refractivity contribution is 0.139. The highest BCUT2D eigenvalue weighted by atomic mass is 16.2. The number of hydrogen-bond acceptors (Lipinski definition) is 6. The minimum atomic E-state index is -0.0549. The summed E-state index contributed by atoms with van der Waals surface area (Å²) in [6.45, 7) is 2.54. The molecule has 0 bridgehead atoms. The van der Waals surface area contributed by atoms with Crippen LogP contribution < -0.4 is 10.6 Å². The molecule has 1 unspecified atom stereocenters. The first-order valence-corrected chi connectivity index (χ1v) is 8.71. The Labute approximate surface area is 151 Å². The number of nitrogens with two attached hydrogens (primary N) is 1. The van der Waals surface area contributed by atoms with Crippen molar-refractivity contribution in [1.29, 1.82) is 0 Å². The average molecular weight is 351 g/mol. The van der Waals surface area contributed by atoms with Crippen LogP contribution in [0.5, 0.6) is 0 Å². The molecule has 2 N–H and O–H groups in total. The Hall–Kier alpha value is -3.16. The van der Waals surface area contributed by atoms with E-state index in [1.807, 2.05) is 46.3 Å². The van der Waals surface area contributed by atoms with E-state index in [1.54, 1.807) is 17.3 Å². The molecule has 2 amide bonds. The fourth-order valence-corrected chi connectivity index (χ4v) is 3.31. The predicted octanol–water partition coefficient (Wildman–Crippen LogP) is 1.73. The molecule has 1 saturated heterocycles. The average Bonchev–Trinajstić information content (AvgIpc) is 3.18. The summed E-state index contributed by atoms with van der Waals surface area (Å²) in [4.78, 5) is 25.3. The van der Waals surface area contributed by atoms with E-state index in [1.165, 1.54) is 0 Å². The van der Waals surface area contributed by atoms with Gasteiger partial charge in [-0.2, -0.15) is 10.1 Å². The Bertz CT molecular complexity index is 802. The number of rotatable bonds is 2. The van der Waals surface area contributed by atoms with Crippen molar-refractivity contribution in [2.24, 2.45) is 5.10 Å². The highest BCUT2D eigenvalue weighted by Crippen LogP contribution is 2.29. The fourth-order valence-electron chi connectivity index (χ4n) is 3.31. The molecule has 0 spiro atoms. The van der Waals surface area contributed by atoms with Crippen LogP contribution in [0.25, 0.3) is 0 Å². The molecule has 26 heavy (non-hydrogen) atoms. The lowest BCUT2D eigenvalue weighted by Crippen LogP contribution is -2.52. The summed E-state index contributed by atoms with van der Waals surface area (Å²) in [5.74, 6) is 1.06. The number of anilines is 2. The minimum Gasteiger partial charge on any atom is -0.384 e. The second-order valence-electron chi connectivity index (χ2n) is 6.34. The molecule has 4 rings (SSSR count). The molecule has 134 valence electrons. The summed E-state index contributed by atoms with van der Waals surface area (Å²) in [6, 6.07) is 11.6. The zero-order valence-corrected chi connectivity index (χ0v) is 14.4. The number of nitrogens with zero attached hydrogens (tertiary/aromatic N) is 6. The van der Waals surface area contributed by atoms with Crippen LogP contribution in [0.2, 0.25) is 0 Å². The van der Waals surface area contributed by atoms with Gasteiger partial charge in [-0.1, -0.05) is 30.3 Å². The lowest BCUT2D eigenvalue weighted by atomic mass is 10.1. The van der Waals surface area contributed by atoms with Gasteiger partial charge in [-0.3, -0.25) is 0 Å². The zero-order valence-electron chi connectivity index (χ0n) is 14.4. The maximum Gasteiger partial charge on any atom is 0.341 e. The van der Waals surface area contributed by atoms with E-state index in [4.69, 9.17) is 5.73 Å². The monoisotopic (exact) mass is 351 g/mol. The van der Waals surface area contributed by atoms with Crippen LogP contribution in [0, 0.1) is 0 Å². The molecule has 8 nitrogen and oxygen atoms in total. The van der Waals surface area contributed by atoms with Crippen molar-refractivity contribution in [3.63, 3.8) is 0 Å². The summed E-state index contributed by atoms with van der Waals surface area (Å²) in [7, 11) is 0. The van der Waals surface area contributed by atoms with Crippen LogP contribution in [-0.2, 0) is 0 Å². The first kappa shape index (κ1) is 16.3. The molecule has 1 aromatic carbocycles. The maximum absolute atomic E-state index is 12.9. The quantitative estimate of drug-likeness (QED) is 0.890. The van der Waals surface area contributed by atoms with E-state index in [2.05, 4.69) is 15.1 Å². The number of hydrogen-bond donors (Lipinski definition) is 1. The number of benzene rings is 1. The third kappa shape index (κ3) is 3.17. The number of nitrogen functional groups attached to an aromatic ring is 1. The smallest absolute Gasteiger partial charge is 0.341 e. The van der Waals surface area contributed by atoms with E-state index >= 15 is 0 Å². The zero-order chi connectivity index (χ0) is 17.9. The van der Waals surface area contributed by atoms with Crippen molar-refractivity contribution in [1.82, 2.24) is 19.9 Å². The summed E-state index contributed by atoms with van der Waals surface area (Å²) >= 11 is 0. The Morgan fingerprint density at radius 1 is 1.08 bits per heavy atom. The van der Waals surface area contributed by atoms with E-state index in [0.717, 1.165) is 12.0 Å². The number of urea groups is 1. The van der Waals surface area contributed by atoms with Gasteiger partial charge in [-0.25, -0.2) is 14.8 Å². The van der Waals surface area contributed by atoms with E-state index in [0.29, 0.717) is 37.9 Å². The van der Waals surface area contributed by atoms with Crippen LogP contribution >= 0.6 is 0 Å². The molecule has 1 aromatic heterocycles. The summed E-state index contributed by atoms with van der Waals surface area (Å²) in [5, 5.41) is 5.92. The minimum absolute atomic E-state index is 0.0287. The third-order valence-electron chi connectivity index (χ3n) is 4.71. The predicted molar refractivity (Wildman–Crippen MR) is 99.8 cm³/mol. The van der Waals surface area contributed by atoms with Gasteiger partial charge in [0.25, 0.3) is 0 Å². The fraction of sp³-hybridized carbons (Fsp3) is 0.333. The second kappa shape index (κ2) is 6.99. The topological polar surface area (TPSA) is 91.0 Å². The van der Waals surface area contributed by atoms with Gasteiger partial charge in [0.05, 0.1) is 6.04 Å². The molecule has 1 fully saturated rings. The molecule has 2 aliphatic rings. The molecular formula is C18H21N7O. The van der Waals surface area contributed by atoms with Gasteiger partial charge < -0.3 is 15.5 Å². The third-order valence-corrected chi connectivity index (χ3v) is 4.71. The van der Waals surface area contributed by atoms with Crippen LogP contribution in [-0.4, -0.2) is 58.3 Å². The van der Waals surface area contributed by atoms with Crippen LogP contribution in [0.4, 0.5) is 16.6 Å². The highest BCUT2D eigenvalue weighted by molar-refractivity contribution is 5.78. The van der Waals surface area contributed by atoms with Crippen molar-refractivity contribution in [3.05, 3.63) is 48.2 Å². The maximum atomic E-state index is 12.9. The SMILES string of the molecule is Nc1ccnc(N2CCN(C(=O)N3N=CCC3c3ccccc3)CC2)n1. The van der Waals surface area contributed by atoms with E-state index in [9.17, 15) is 4.79 Å². The standard InChI is InChI=1S/C18H21N7O/c19-16-7-8-20-17(22-16)23-10-12-24(13-11-23)18(26)25-15(6-9-21-25)14-4-2-1-3-5-14/h1-5,7-9,15H,6,10-13H2,(H2,19,20,22). The van der Waals surface area contributed by atoms with Crippen LogP contribution in [0.15, 0.2) is 47.7 Å². The molecule has 0 saturated carbocycles. The van der Waals surface area contributed by atoms with Crippen molar-refractivity contribution in [2.45, 2.75) is 12.5 Å². The van der Waals surface area contributed by atoms with Crippen molar-refractivity contribution in [2.75, 3.05) is 36.8 Å². The van der Waals surface area contributed by atoms with Crippen LogP contribution in [0.1, 0.15) is 18.0 Å². The van der Waals surface area contributed by atoms with Gasteiger partial charge in [-0.15, -0.1) is 0 Å². The molecule has 3 heterocycles. The van der Waals surface area contributed by atoms with Gasteiger partial charge in [-0.05, 0) is 11.6 Å². The van der Waals surface area contributed by atoms with Crippen molar-refractivity contribution < 1.29 is 4.79 Å². The summed E-state index contributed by atoms with van der Waals surface area (Å²) < 4.78 is 0. The second-order valence-corrected chi connectivity index (χ2v) is 6.34. The Kier molecular flexibility index (Phi) is 4.39. The molecule has 2 aliphatic heterocycles. The summed E-state index contributed by atoms with van der Waals surface area (Å²) in [6.07, 6.45) is 4.21. The number of carbonyl (C=O) groups excluding carboxylic acids is 1.